The molecular formula is C17H33NO2. The lowest BCUT2D eigenvalue weighted by Gasteiger charge is -2.44. The zero-order valence-electron chi connectivity index (χ0n) is 13.9. The van der Waals surface area contributed by atoms with Gasteiger partial charge in [-0.25, -0.2) is 4.79 Å². The van der Waals surface area contributed by atoms with Gasteiger partial charge in [0.15, 0.2) is 0 Å². The molecule has 1 N–H and O–H groups in total. The molecule has 0 saturated heterocycles. The molecule has 1 atom stereocenters. The quantitative estimate of drug-likeness (QED) is 0.537. The molecule has 0 heterocycles. The van der Waals surface area contributed by atoms with E-state index in [-0.39, 0.29) is 5.54 Å². The minimum absolute atomic E-state index is 0.145. The van der Waals surface area contributed by atoms with Gasteiger partial charge >= 0.3 is 5.97 Å². The third-order valence-electron chi connectivity index (χ3n) is 4.34. The lowest BCUT2D eigenvalue weighted by atomic mass is 9.80. The van der Waals surface area contributed by atoms with Gasteiger partial charge in [-0.2, -0.15) is 0 Å². The molecule has 0 fully saturated rings. The molecule has 0 aromatic heterocycles. The Labute approximate surface area is 125 Å². The van der Waals surface area contributed by atoms with Crippen molar-refractivity contribution in [2.75, 3.05) is 13.1 Å². The van der Waals surface area contributed by atoms with Crippen molar-refractivity contribution in [3.8, 4) is 0 Å². The molecule has 0 amide bonds. The summed E-state index contributed by atoms with van der Waals surface area (Å²) in [6, 6.07) is 0. The second-order valence-corrected chi connectivity index (χ2v) is 5.66. The molecule has 3 heteroatoms. The van der Waals surface area contributed by atoms with Crippen LogP contribution in [0.25, 0.3) is 0 Å². The summed E-state index contributed by atoms with van der Waals surface area (Å²) in [6.07, 6.45) is 7.33. The van der Waals surface area contributed by atoms with E-state index in [4.69, 9.17) is 5.11 Å². The molecule has 0 bridgehead atoms. The van der Waals surface area contributed by atoms with Crippen molar-refractivity contribution in [1.82, 2.24) is 4.90 Å². The molecule has 0 spiro atoms. The molecule has 0 aliphatic carbocycles. The van der Waals surface area contributed by atoms with Gasteiger partial charge < -0.3 is 5.11 Å². The molecule has 0 aromatic carbocycles. The molecule has 0 aliphatic rings. The third-order valence-corrected chi connectivity index (χ3v) is 4.34. The number of rotatable bonds is 12. The predicted octanol–water partition coefficient (Wildman–Crippen LogP) is 4.48. The molecule has 0 aromatic rings. The van der Waals surface area contributed by atoms with Crippen LogP contribution in [-0.4, -0.2) is 34.6 Å². The van der Waals surface area contributed by atoms with E-state index in [1.54, 1.807) is 0 Å². The summed E-state index contributed by atoms with van der Waals surface area (Å²) >= 11 is 0. The lowest BCUT2D eigenvalue weighted by Crippen LogP contribution is -2.48. The summed E-state index contributed by atoms with van der Waals surface area (Å²) in [6.45, 7) is 14.6. The fraction of sp³-hybridized carbons (Fsp3) is 0.824. The topological polar surface area (TPSA) is 40.5 Å². The second-order valence-electron chi connectivity index (χ2n) is 5.66. The molecule has 0 rings (SSSR count). The van der Waals surface area contributed by atoms with Crippen molar-refractivity contribution in [3.05, 3.63) is 12.2 Å². The average molecular weight is 283 g/mol. The van der Waals surface area contributed by atoms with E-state index in [0.29, 0.717) is 12.0 Å². The van der Waals surface area contributed by atoms with E-state index < -0.39 is 5.97 Å². The molecule has 20 heavy (non-hydrogen) atoms. The number of carboxylic acids is 1. The Morgan fingerprint density at radius 3 is 2.05 bits per heavy atom. The molecule has 3 nitrogen and oxygen atoms in total. The van der Waals surface area contributed by atoms with Crippen LogP contribution in [0, 0.1) is 0 Å². The normalized spacial score (nSPS) is 14.2. The Balaban J connectivity index is 5.04. The van der Waals surface area contributed by atoms with E-state index in [1.165, 1.54) is 12.8 Å². The Kier molecular flexibility index (Phi) is 9.56. The van der Waals surface area contributed by atoms with E-state index in [1.807, 2.05) is 0 Å². The van der Waals surface area contributed by atoms with Crippen LogP contribution < -0.4 is 0 Å². The first-order chi connectivity index (χ1) is 9.47. The molecule has 118 valence electrons. The smallest absolute Gasteiger partial charge is 0.330 e. The van der Waals surface area contributed by atoms with Crippen LogP contribution in [0.15, 0.2) is 12.2 Å². The zero-order chi connectivity index (χ0) is 15.6. The molecule has 0 radical (unpaired) electrons. The van der Waals surface area contributed by atoms with Gasteiger partial charge in [0, 0.05) is 11.1 Å². The number of nitrogens with zero attached hydrogens (tertiary/aromatic N) is 1. The van der Waals surface area contributed by atoms with Crippen molar-refractivity contribution in [2.24, 2.45) is 0 Å². The number of carbonyl (C=O) groups is 1. The SMILES string of the molecule is C=C(CCC(CCC)(CCCC)N(CC)CC)C(=O)O. The predicted molar refractivity (Wildman–Crippen MR) is 86.1 cm³/mol. The summed E-state index contributed by atoms with van der Waals surface area (Å²) in [5, 5.41) is 9.02. The van der Waals surface area contributed by atoms with Gasteiger partial charge in [-0.3, -0.25) is 4.90 Å². The average Bonchev–Trinajstić information content (AvgIpc) is 2.43. The zero-order valence-corrected chi connectivity index (χ0v) is 13.9. The number of hydrogen-bond acceptors (Lipinski definition) is 2. The van der Waals surface area contributed by atoms with Gasteiger partial charge in [0.05, 0.1) is 0 Å². The molecule has 1 unspecified atom stereocenters. The van der Waals surface area contributed by atoms with Crippen LogP contribution in [0.5, 0.6) is 0 Å². The van der Waals surface area contributed by atoms with Crippen molar-refractivity contribution < 1.29 is 9.90 Å². The van der Waals surface area contributed by atoms with E-state index in [0.717, 1.165) is 38.8 Å². The van der Waals surface area contributed by atoms with Crippen LogP contribution >= 0.6 is 0 Å². The minimum Gasteiger partial charge on any atom is -0.478 e. The second kappa shape index (κ2) is 9.98. The number of hydrogen-bond donors (Lipinski definition) is 1. The maximum absolute atomic E-state index is 11.0. The first-order valence-corrected chi connectivity index (χ1v) is 8.13. The van der Waals surface area contributed by atoms with Gasteiger partial charge in [-0.05, 0) is 38.8 Å². The summed E-state index contributed by atoms with van der Waals surface area (Å²) in [5.41, 5.74) is 0.487. The highest BCUT2D eigenvalue weighted by atomic mass is 16.4. The summed E-state index contributed by atoms with van der Waals surface area (Å²) in [4.78, 5) is 13.5. The van der Waals surface area contributed by atoms with Crippen LogP contribution in [0.1, 0.15) is 72.6 Å². The number of carboxylic acid groups (broad SMARTS) is 1. The first-order valence-electron chi connectivity index (χ1n) is 8.13. The Morgan fingerprint density at radius 2 is 1.65 bits per heavy atom. The molecule has 0 aliphatic heterocycles. The lowest BCUT2D eigenvalue weighted by molar-refractivity contribution is -0.132. The maximum atomic E-state index is 11.0. The number of aliphatic carboxylic acids is 1. The summed E-state index contributed by atoms with van der Waals surface area (Å²) in [7, 11) is 0. The van der Waals surface area contributed by atoms with Crippen LogP contribution in [-0.2, 0) is 4.79 Å². The van der Waals surface area contributed by atoms with Gasteiger partial charge in [-0.1, -0.05) is 53.5 Å². The van der Waals surface area contributed by atoms with Gasteiger partial charge in [0.1, 0.15) is 0 Å². The Bertz CT molecular complexity index is 297. The van der Waals surface area contributed by atoms with Crippen LogP contribution in [0.4, 0.5) is 0 Å². The number of unbranched alkanes of at least 4 members (excludes halogenated alkanes) is 1. The van der Waals surface area contributed by atoms with Crippen molar-refractivity contribution in [3.63, 3.8) is 0 Å². The summed E-state index contributed by atoms with van der Waals surface area (Å²) < 4.78 is 0. The van der Waals surface area contributed by atoms with Gasteiger partial charge in [-0.15, -0.1) is 0 Å². The van der Waals surface area contributed by atoms with Crippen LogP contribution in [0.2, 0.25) is 0 Å². The monoisotopic (exact) mass is 283 g/mol. The highest BCUT2D eigenvalue weighted by molar-refractivity contribution is 5.85. The van der Waals surface area contributed by atoms with Crippen molar-refractivity contribution in [2.45, 2.75) is 78.2 Å². The first kappa shape index (κ1) is 19.2. The standard InChI is InChI=1S/C17H33NO2/c1-6-10-13-17(12-7-2,18(8-3)9-4)14-11-15(5)16(19)20/h5-14H2,1-4H3,(H,19,20). The largest absolute Gasteiger partial charge is 0.478 e. The Hall–Kier alpha value is -0.830. The fourth-order valence-corrected chi connectivity index (χ4v) is 3.21. The fourth-order valence-electron chi connectivity index (χ4n) is 3.21. The van der Waals surface area contributed by atoms with Crippen molar-refractivity contribution >= 4 is 5.97 Å². The van der Waals surface area contributed by atoms with E-state index in [9.17, 15) is 4.79 Å². The third kappa shape index (κ3) is 5.66. The van der Waals surface area contributed by atoms with Crippen molar-refractivity contribution in [1.29, 1.82) is 0 Å². The molecular weight excluding hydrogens is 250 g/mol. The minimum atomic E-state index is -0.856. The van der Waals surface area contributed by atoms with E-state index >= 15 is 0 Å². The van der Waals surface area contributed by atoms with E-state index in [2.05, 4.69) is 39.2 Å². The highest BCUT2D eigenvalue weighted by Crippen LogP contribution is 2.33. The highest BCUT2D eigenvalue weighted by Gasteiger charge is 2.33. The van der Waals surface area contributed by atoms with Crippen LogP contribution in [0.3, 0.4) is 0 Å². The summed E-state index contributed by atoms with van der Waals surface area (Å²) in [5.74, 6) is -0.856. The molecule has 0 saturated carbocycles. The Morgan fingerprint density at radius 1 is 1.05 bits per heavy atom. The maximum Gasteiger partial charge on any atom is 0.330 e. The van der Waals surface area contributed by atoms with Gasteiger partial charge in [0.2, 0.25) is 0 Å². The van der Waals surface area contributed by atoms with Gasteiger partial charge in [0.25, 0.3) is 0 Å².